The van der Waals surface area contributed by atoms with E-state index in [0.29, 0.717) is 6.42 Å². The summed E-state index contributed by atoms with van der Waals surface area (Å²) in [4.78, 5) is 11.6. The number of hydrazine groups is 1. The van der Waals surface area contributed by atoms with Crippen molar-refractivity contribution < 1.29 is 4.79 Å². The number of carbonyl (C=O) groups is 1. The highest BCUT2D eigenvalue weighted by Crippen LogP contribution is 2.24. The SMILES string of the molecule is CN1C(=O)CCN1c1cccc(CC2CCCNC2)c1. The third kappa shape index (κ3) is 2.80. The van der Waals surface area contributed by atoms with E-state index in [1.807, 2.05) is 7.05 Å². The summed E-state index contributed by atoms with van der Waals surface area (Å²) in [6, 6.07) is 8.65. The number of nitrogens with one attached hydrogen (secondary N) is 1. The average Bonchev–Trinajstić information content (AvgIpc) is 2.80. The van der Waals surface area contributed by atoms with Gasteiger partial charge < -0.3 is 5.32 Å². The lowest BCUT2D eigenvalue weighted by Gasteiger charge is -2.27. The van der Waals surface area contributed by atoms with Gasteiger partial charge in [0.15, 0.2) is 0 Å². The smallest absolute Gasteiger partial charge is 0.242 e. The van der Waals surface area contributed by atoms with Crippen LogP contribution in [-0.2, 0) is 11.2 Å². The van der Waals surface area contributed by atoms with Crippen molar-refractivity contribution in [1.82, 2.24) is 10.3 Å². The number of carbonyl (C=O) groups excluding carboxylic acids is 1. The predicted molar refractivity (Wildman–Crippen MR) is 80.5 cm³/mol. The Morgan fingerprint density at radius 1 is 1.40 bits per heavy atom. The van der Waals surface area contributed by atoms with Gasteiger partial charge in [-0.2, -0.15) is 0 Å². The maximum Gasteiger partial charge on any atom is 0.242 e. The third-order valence-electron chi connectivity index (χ3n) is 4.39. The van der Waals surface area contributed by atoms with Crippen LogP contribution in [0.25, 0.3) is 0 Å². The van der Waals surface area contributed by atoms with Crippen molar-refractivity contribution in [3.63, 3.8) is 0 Å². The van der Waals surface area contributed by atoms with Crippen molar-refractivity contribution in [3.8, 4) is 0 Å². The average molecular weight is 273 g/mol. The number of rotatable bonds is 3. The van der Waals surface area contributed by atoms with Crippen LogP contribution >= 0.6 is 0 Å². The van der Waals surface area contributed by atoms with E-state index in [1.54, 1.807) is 5.01 Å². The molecule has 1 amide bonds. The fourth-order valence-corrected chi connectivity index (χ4v) is 3.23. The Labute approximate surface area is 120 Å². The van der Waals surface area contributed by atoms with Gasteiger partial charge in [0.2, 0.25) is 5.91 Å². The highest BCUT2D eigenvalue weighted by Gasteiger charge is 2.25. The zero-order valence-electron chi connectivity index (χ0n) is 12.1. The minimum atomic E-state index is 0.201. The normalized spacial score (nSPS) is 23.4. The second-order valence-electron chi connectivity index (χ2n) is 5.88. The first-order valence-corrected chi connectivity index (χ1v) is 7.58. The van der Waals surface area contributed by atoms with E-state index < -0.39 is 0 Å². The Morgan fingerprint density at radius 2 is 2.30 bits per heavy atom. The van der Waals surface area contributed by atoms with Crippen molar-refractivity contribution in [2.75, 3.05) is 31.7 Å². The van der Waals surface area contributed by atoms with Gasteiger partial charge in [0, 0.05) is 20.0 Å². The first-order valence-electron chi connectivity index (χ1n) is 7.58. The van der Waals surface area contributed by atoms with E-state index in [-0.39, 0.29) is 5.91 Å². The topological polar surface area (TPSA) is 35.6 Å². The molecule has 1 aromatic rings. The molecule has 4 heteroatoms. The van der Waals surface area contributed by atoms with Gasteiger partial charge in [-0.05, 0) is 56.0 Å². The Balaban J connectivity index is 1.71. The summed E-state index contributed by atoms with van der Waals surface area (Å²) in [6.45, 7) is 3.09. The predicted octanol–water partition coefficient (Wildman–Crippen LogP) is 1.81. The lowest BCUT2D eigenvalue weighted by atomic mass is 9.92. The molecule has 1 N–H and O–H groups in total. The molecule has 1 atom stereocenters. The van der Waals surface area contributed by atoms with Gasteiger partial charge in [-0.1, -0.05) is 12.1 Å². The lowest BCUT2D eigenvalue weighted by Crippen LogP contribution is -2.35. The molecule has 2 fully saturated rings. The van der Waals surface area contributed by atoms with Crippen molar-refractivity contribution in [1.29, 1.82) is 0 Å². The lowest BCUT2D eigenvalue weighted by molar-refractivity contribution is -0.126. The maximum absolute atomic E-state index is 11.6. The molecule has 0 spiro atoms. The molecule has 0 radical (unpaired) electrons. The first-order chi connectivity index (χ1) is 9.74. The van der Waals surface area contributed by atoms with Crippen LogP contribution in [-0.4, -0.2) is 37.6 Å². The fourth-order valence-electron chi connectivity index (χ4n) is 3.23. The van der Waals surface area contributed by atoms with Crippen LogP contribution < -0.4 is 10.3 Å². The largest absolute Gasteiger partial charge is 0.316 e. The van der Waals surface area contributed by atoms with E-state index in [0.717, 1.165) is 37.7 Å². The number of anilines is 1. The molecule has 108 valence electrons. The molecular formula is C16H23N3O. The zero-order valence-corrected chi connectivity index (χ0v) is 12.1. The van der Waals surface area contributed by atoms with Crippen LogP contribution in [0, 0.1) is 5.92 Å². The number of hydrogen-bond acceptors (Lipinski definition) is 3. The van der Waals surface area contributed by atoms with Gasteiger partial charge >= 0.3 is 0 Å². The number of benzene rings is 1. The molecule has 2 saturated heterocycles. The minimum absolute atomic E-state index is 0.201. The molecule has 0 saturated carbocycles. The summed E-state index contributed by atoms with van der Waals surface area (Å²) in [5.41, 5.74) is 2.52. The first kappa shape index (κ1) is 13.4. The van der Waals surface area contributed by atoms with E-state index in [9.17, 15) is 4.79 Å². The van der Waals surface area contributed by atoms with Gasteiger partial charge in [-0.3, -0.25) is 14.8 Å². The summed E-state index contributed by atoms with van der Waals surface area (Å²) in [6.07, 6.45) is 4.35. The van der Waals surface area contributed by atoms with Crippen LogP contribution in [0.5, 0.6) is 0 Å². The highest BCUT2D eigenvalue weighted by atomic mass is 16.2. The van der Waals surface area contributed by atoms with E-state index >= 15 is 0 Å². The Bertz CT molecular complexity index is 482. The molecule has 2 heterocycles. The molecule has 2 aliphatic heterocycles. The summed E-state index contributed by atoms with van der Waals surface area (Å²) < 4.78 is 0. The van der Waals surface area contributed by atoms with E-state index in [2.05, 4.69) is 34.6 Å². The van der Waals surface area contributed by atoms with Crippen LogP contribution in [0.3, 0.4) is 0 Å². The standard InChI is InChI=1S/C16H23N3O/c1-18-16(20)7-9-19(18)15-6-2-4-13(11-15)10-14-5-3-8-17-12-14/h2,4,6,11,14,17H,3,5,7-10,12H2,1H3. The van der Waals surface area contributed by atoms with Gasteiger partial charge in [0.25, 0.3) is 0 Å². The van der Waals surface area contributed by atoms with Gasteiger partial charge in [-0.15, -0.1) is 0 Å². The Hall–Kier alpha value is -1.55. The Kier molecular flexibility index (Phi) is 3.92. The van der Waals surface area contributed by atoms with E-state index in [4.69, 9.17) is 0 Å². The van der Waals surface area contributed by atoms with Crippen molar-refractivity contribution in [2.45, 2.75) is 25.7 Å². The third-order valence-corrected chi connectivity index (χ3v) is 4.39. The number of amides is 1. The number of nitrogens with zero attached hydrogens (tertiary/aromatic N) is 2. The zero-order chi connectivity index (χ0) is 13.9. The van der Waals surface area contributed by atoms with Gasteiger partial charge in [0.1, 0.15) is 0 Å². The second-order valence-corrected chi connectivity index (χ2v) is 5.88. The van der Waals surface area contributed by atoms with Crippen LogP contribution in [0.15, 0.2) is 24.3 Å². The summed E-state index contributed by atoms with van der Waals surface area (Å²) in [7, 11) is 1.85. The van der Waals surface area contributed by atoms with Gasteiger partial charge in [0.05, 0.1) is 5.69 Å². The molecule has 2 aliphatic rings. The summed E-state index contributed by atoms with van der Waals surface area (Å²) in [5, 5.41) is 7.29. The quantitative estimate of drug-likeness (QED) is 0.912. The van der Waals surface area contributed by atoms with Gasteiger partial charge in [-0.25, -0.2) is 0 Å². The van der Waals surface area contributed by atoms with Crippen LogP contribution in [0.1, 0.15) is 24.8 Å². The summed E-state index contributed by atoms with van der Waals surface area (Å²) in [5.74, 6) is 0.948. The molecule has 1 aromatic carbocycles. The maximum atomic E-state index is 11.6. The van der Waals surface area contributed by atoms with Crippen molar-refractivity contribution in [3.05, 3.63) is 29.8 Å². The van der Waals surface area contributed by atoms with Crippen molar-refractivity contribution >= 4 is 11.6 Å². The molecule has 0 aliphatic carbocycles. The molecule has 4 nitrogen and oxygen atoms in total. The highest BCUT2D eigenvalue weighted by molar-refractivity contribution is 5.81. The van der Waals surface area contributed by atoms with Crippen LogP contribution in [0.4, 0.5) is 5.69 Å². The molecule has 0 aromatic heterocycles. The minimum Gasteiger partial charge on any atom is -0.316 e. The number of piperidine rings is 1. The molecule has 20 heavy (non-hydrogen) atoms. The molecule has 1 unspecified atom stereocenters. The molecular weight excluding hydrogens is 250 g/mol. The summed E-state index contributed by atoms with van der Waals surface area (Å²) >= 11 is 0. The van der Waals surface area contributed by atoms with E-state index in [1.165, 1.54) is 18.4 Å². The Morgan fingerprint density at radius 3 is 3.00 bits per heavy atom. The van der Waals surface area contributed by atoms with Crippen molar-refractivity contribution in [2.24, 2.45) is 5.92 Å². The second kappa shape index (κ2) is 5.83. The fraction of sp³-hybridized carbons (Fsp3) is 0.562. The van der Waals surface area contributed by atoms with Crippen LogP contribution in [0.2, 0.25) is 0 Å². The monoisotopic (exact) mass is 273 g/mol. The molecule has 3 rings (SSSR count). The molecule has 0 bridgehead atoms. The number of hydrogen-bond donors (Lipinski definition) is 1.